The average Bonchev–Trinajstić information content (AvgIpc) is 3.17. The van der Waals surface area contributed by atoms with Crippen LogP contribution >= 0.6 is 0 Å². The zero-order valence-corrected chi connectivity index (χ0v) is 20.1. The van der Waals surface area contributed by atoms with Crippen LogP contribution in [-0.4, -0.2) is 47.1 Å². The van der Waals surface area contributed by atoms with Crippen molar-refractivity contribution in [3.8, 4) is 0 Å². The fraction of sp³-hybridized carbons (Fsp3) is 0.500. The van der Waals surface area contributed by atoms with Gasteiger partial charge in [-0.25, -0.2) is 4.79 Å². The van der Waals surface area contributed by atoms with Crippen molar-refractivity contribution in [2.45, 2.75) is 63.0 Å². The van der Waals surface area contributed by atoms with Crippen molar-refractivity contribution in [3.63, 3.8) is 0 Å². The highest BCUT2D eigenvalue weighted by atomic mass is 16.5. The Hall–Kier alpha value is -3.53. The molecule has 2 aromatic rings. The maximum Gasteiger partial charge on any atom is 0.408 e. The number of benzene rings is 1. The number of nitrogens with zero attached hydrogens (tertiary/aromatic N) is 2. The summed E-state index contributed by atoms with van der Waals surface area (Å²) in [5.41, 5.74) is 2.19. The Morgan fingerprint density at radius 1 is 1.17 bits per heavy atom. The summed E-state index contributed by atoms with van der Waals surface area (Å²) < 4.78 is 10.8. The topological polar surface area (TPSA) is 132 Å². The fourth-order valence-electron chi connectivity index (χ4n) is 5.52. The zero-order chi connectivity index (χ0) is 25.0. The molecule has 36 heavy (non-hydrogen) atoms. The quantitative estimate of drug-likeness (QED) is 0.563. The molecule has 190 valence electrons. The second-order valence-electron chi connectivity index (χ2n) is 9.69. The van der Waals surface area contributed by atoms with E-state index in [9.17, 15) is 14.4 Å². The maximum absolute atomic E-state index is 13.4. The van der Waals surface area contributed by atoms with E-state index in [1.54, 1.807) is 12.3 Å². The molecule has 3 N–H and O–H groups in total. The lowest BCUT2D eigenvalue weighted by Gasteiger charge is -2.31. The molecule has 1 spiro atoms. The molecule has 2 aliphatic heterocycles. The van der Waals surface area contributed by atoms with E-state index in [2.05, 4.69) is 25.9 Å². The Kier molecular flexibility index (Phi) is 7.13. The van der Waals surface area contributed by atoms with E-state index in [-0.39, 0.29) is 24.3 Å². The summed E-state index contributed by atoms with van der Waals surface area (Å²) in [6.07, 6.45) is 10.1. The summed E-state index contributed by atoms with van der Waals surface area (Å²) in [6, 6.07) is 4.79. The number of aromatic nitrogens is 2. The number of ether oxygens (including phenoxy) is 2. The summed E-state index contributed by atoms with van der Waals surface area (Å²) in [5, 5.41) is 8.71. The van der Waals surface area contributed by atoms with Crippen molar-refractivity contribution < 1.29 is 23.9 Å². The minimum Gasteiger partial charge on any atom is -0.443 e. The van der Waals surface area contributed by atoms with Gasteiger partial charge in [0.05, 0.1) is 17.3 Å². The van der Waals surface area contributed by atoms with Gasteiger partial charge in [0, 0.05) is 37.0 Å². The second kappa shape index (κ2) is 10.6. The van der Waals surface area contributed by atoms with Gasteiger partial charge in [-0.2, -0.15) is 0 Å². The summed E-state index contributed by atoms with van der Waals surface area (Å²) in [4.78, 5) is 46.8. The van der Waals surface area contributed by atoms with Crippen LogP contribution in [0.4, 0.5) is 16.2 Å². The molecule has 0 bridgehead atoms. The van der Waals surface area contributed by atoms with Crippen LogP contribution in [0.1, 0.15) is 56.2 Å². The lowest BCUT2D eigenvalue weighted by molar-refractivity contribution is -0.124. The number of fused-ring (bicyclic) bond motifs is 2. The van der Waals surface area contributed by atoms with Gasteiger partial charge >= 0.3 is 6.09 Å². The van der Waals surface area contributed by atoms with E-state index in [0.717, 1.165) is 37.7 Å². The molecule has 1 saturated carbocycles. The Morgan fingerprint density at radius 3 is 2.72 bits per heavy atom. The first-order valence-electron chi connectivity index (χ1n) is 12.6. The van der Waals surface area contributed by atoms with Gasteiger partial charge in [0.15, 0.2) is 0 Å². The van der Waals surface area contributed by atoms with Crippen molar-refractivity contribution in [1.82, 2.24) is 15.3 Å². The number of carbonyl (C=O) groups excluding carboxylic acids is 3. The standard InChI is InChI=1S/C26H31N5O5/c32-23(29-18-6-7-20-21(14-18)30-24(33)26(20)8-12-35-13-9-26)22(17-4-2-1-3-5-17)31-25(34)36-16-19-15-27-10-11-28-19/h6-7,10-11,14-15,17,22H,1-5,8-9,12-13,16H2,(H,29,32)(H,30,33)(H,31,34). The number of hydrogen-bond donors (Lipinski definition) is 3. The largest absolute Gasteiger partial charge is 0.443 e. The molecule has 3 heterocycles. The molecule has 1 aromatic heterocycles. The van der Waals surface area contributed by atoms with Crippen LogP contribution in [0.3, 0.4) is 0 Å². The monoisotopic (exact) mass is 493 g/mol. The third kappa shape index (κ3) is 5.04. The lowest BCUT2D eigenvalue weighted by atomic mass is 9.75. The highest BCUT2D eigenvalue weighted by Crippen LogP contribution is 2.45. The maximum atomic E-state index is 13.4. The van der Waals surface area contributed by atoms with Gasteiger partial charge in [0.2, 0.25) is 11.8 Å². The van der Waals surface area contributed by atoms with Gasteiger partial charge in [-0.1, -0.05) is 25.3 Å². The van der Waals surface area contributed by atoms with Crippen molar-refractivity contribution in [2.75, 3.05) is 23.8 Å². The third-order valence-electron chi connectivity index (χ3n) is 7.48. The number of hydrogen-bond acceptors (Lipinski definition) is 7. The predicted molar refractivity (Wildman–Crippen MR) is 131 cm³/mol. The molecule has 1 saturated heterocycles. The van der Waals surface area contributed by atoms with E-state index in [1.165, 1.54) is 12.4 Å². The van der Waals surface area contributed by atoms with Gasteiger partial charge in [0.1, 0.15) is 12.6 Å². The van der Waals surface area contributed by atoms with Crippen LogP contribution in [0.5, 0.6) is 0 Å². The van der Waals surface area contributed by atoms with Crippen molar-refractivity contribution in [3.05, 3.63) is 48.0 Å². The molecule has 2 fully saturated rings. The second-order valence-corrected chi connectivity index (χ2v) is 9.69. The van der Waals surface area contributed by atoms with Crippen LogP contribution in [-0.2, 0) is 31.1 Å². The predicted octanol–water partition coefficient (Wildman–Crippen LogP) is 3.29. The number of anilines is 2. The van der Waals surface area contributed by atoms with Gasteiger partial charge < -0.3 is 25.4 Å². The highest BCUT2D eigenvalue weighted by Gasteiger charge is 2.47. The lowest BCUT2D eigenvalue weighted by Crippen LogP contribution is -2.49. The van der Waals surface area contributed by atoms with Crippen LogP contribution in [0.15, 0.2) is 36.8 Å². The normalized spacial score (nSPS) is 19.7. The first-order chi connectivity index (χ1) is 17.5. The average molecular weight is 494 g/mol. The fourth-order valence-corrected chi connectivity index (χ4v) is 5.52. The number of rotatable bonds is 6. The van der Waals surface area contributed by atoms with Gasteiger partial charge in [-0.15, -0.1) is 0 Å². The minimum atomic E-state index is -0.732. The molecule has 0 radical (unpaired) electrons. The Labute approximate surface area is 209 Å². The van der Waals surface area contributed by atoms with Crippen molar-refractivity contribution in [2.24, 2.45) is 5.92 Å². The molecule has 1 aromatic carbocycles. The first-order valence-corrected chi connectivity index (χ1v) is 12.6. The molecule has 10 nitrogen and oxygen atoms in total. The number of alkyl carbamates (subject to hydrolysis) is 1. The first kappa shape index (κ1) is 24.2. The van der Waals surface area contributed by atoms with Crippen molar-refractivity contribution in [1.29, 1.82) is 0 Å². The van der Waals surface area contributed by atoms with E-state index in [1.807, 2.05) is 12.1 Å². The van der Waals surface area contributed by atoms with E-state index in [0.29, 0.717) is 43.1 Å². The van der Waals surface area contributed by atoms with Crippen LogP contribution in [0.25, 0.3) is 0 Å². The van der Waals surface area contributed by atoms with Crippen LogP contribution in [0, 0.1) is 5.92 Å². The summed E-state index contributed by atoms with van der Waals surface area (Å²) in [7, 11) is 0. The molecule has 3 aliphatic rings. The smallest absolute Gasteiger partial charge is 0.408 e. The molecule has 1 atom stereocenters. The Bertz CT molecular complexity index is 1110. The third-order valence-corrected chi connectivity index (χ3v) is 7.48. The Morgan fingerprint density at radius 2 is 1.97 bits per heavy atom. The van der Waals surface area contributed by atoms with Crippen LogP contribution < -0.4 is 16.0 Å². The highest BCUT2D eigenvalue weighted by molar-refractivity contribution is 6.07. The summed E-state index contributed by atoms with van der Waals surface area (Å²) in [5.74, 6) is -0.303. The van der Waals surface area contributed by atoms with E-state index >= 15 is 0 Å². The van der Waals surface area contributed by atoms with Crippen LogP contribution in [0.2, 0.25) is 0 Å². The van der Waals surface area contributed by atoms with Gasteiger partial charge in [-0.05, 0) is 49.3 Å². The van der Waals surface area contributed by atoms with E-state index in [4.69, 9.17) is 9.47 Å². The molecular weight excluding hydrogens is 462 g/mol. The summed E-state index contributed by atoms with van der Waals surface area (Å²) in [6.45, 7) is 1.07. The molecule has 10 heteroatoms. The minimum absolute atomic E-state index is 0.0162. The zero-order valence-electron chi connectivity index (χ0n) is 20.1. The number of nitrogens with one attached hydrogen (secondary N) is 3. The molecule has 1 unspecified atom stereocenters. The van der Waals surface area contributed by atoms with Gasteiger partial charge in [0.25, 0.3) is 0 Å². The molecular formula is C26H31N5O5. The Balaban J connectivity index is 1.28. The molecule has 3 amide bonds. The molecule has 5 rings (SSSR count). The molecule has 1 aliphatic carbocycles. The van der Waals surface area contributed by atoms with Crippen molar-refractivity contribution >= 4 is 29.3 Å². The van der Waals surface area contributed by atoms with E-state index < -0.39 is 17.6 Å². The van der Waals surface area contributed by atoms with Gasteiger partial charge in [-0.3, -0.25) is 19.6 Å². The summed E-state index contributed by atoms with van der Waals surface area (Å²) >= 11 is 0. The SMILES string of the molecule is O=C(NC(C(=O)Nc1ccc2c(c1)NC(=O)C21CCOCC1)C1CCCCC1)OCc1cnccn1. The number of amides is 3. The number of carbonyl (C=O) groups is 3.